The highest BCUT2D eigenvalue weighted by Gasteiger charge is 2.48. The number of carbonyl (C=O) groups is 1. The van der Waals surface area contributed by atoms with Crippen molar-refractivity contribution in [1.82, 2.24) is 0 Å². The minimum atomic E-state index is -3.30. The highest BCUT2D eigenvalue weighted by atomic mass is 32.2. The summed E-state index contributed by atoms with van der Waals surface area (Å²) < 4.78 is 28.8. The van der Waals surface area contributed by atoms with Crippen LogP contribution in [0, 0.1) is 23.7 Å². The second-order valence-electron chi connectivity index (χ2n) is 9.34. The van der Waals surface area contributed by atoms with Crippen LogP contribution in [0.3, 0.4) is 0 Å². The summed E-state index contributed by atoms with van der Waals surface area (Å²) in [4.78, 5) is 11.9. The zero-order valence-electron chi connectivity index (χ0n) is 19.5. The first-order valence-electron chi connectivity index (χ1n) is 11.5. The standard InChI is InChI=1S/C26H34O6S/c1-4-5-8-17(2)22(28)14-13-20-23(29)15-24-25(20)21-12-7-10-18(26(21)32-24)9-6-11-19(27)16-33(3,30)31/h7,10,12-14,17,20,22-25,28-29H,6,8-9,11,15-16H2,1-3H3/b14-13+/t17-,20-,22+,23+,24-,25-/m0/s1. The fraction of sp³-hybridized carbons (Fsp3) is 0.577. The van der Waals surface area contributed by atoms with Crippen LogP contribution in [0.15, 0.2) is 30.4 Å². The average Bonchev–Trinajstić information content (AvgIpc) is 3.24. The normalized spacial score (nSPS) is 25.6. The van der Waals surface area contributed by atoms with Gasteiger partial charge in [0.15, 0.2) is 9.84 Å². The number of hydrogen-bond donors (Lipinski definition) is 2. The van der Waals surface area contributed by atoms with Gasteiger partial charge in [-0.15, -0.1) is 11.8 Å². The molecule has 33 heavy (non-hydrogen) atoms. The Hall–Kier alpha value is -2.14. The first kappa shape index (κ1) is 25.5. The Morgan fingerprint density at radius 3 is 2.82 bits per heavy atom. The molecule has 6 nitrogen and oxygen atoms in total. The molecule has 0 aromatic heterocycles. The van der Waals surface area contributed by atoms with E-state index in [1.54, 1.807) is 13.0 Å². The van der Waals surface area contributed by atoms with E-state index >= 15 is 0 Å². The summed E-state index contributed by atoms with van der Waals surface area (Å²) >= 11 is 0. The first-order valence-corrected chi connectivity index (χ1v) is 13.6. The summed E-state index contributed by atoms with van der Waals surface area (Å²) in [7, 11) is -3.30. The van der Waals surface area contributed by atoms with Gasteiger partial charge in [-0.1, -0.05) is 37.3 Å². The van der Waals surface area contributed by atoms with E-state index in [4.69, 9.17) is 4.74 Å². The lowest BCUT2D eigenvalue weighted by atomic mass is 9.86. The van der Waals surface area contributed by atoms with E-state index in [1.165, 1.54) is 0 Å². The zero-order valence-corrected chi connectivity index (χ0v) is 20.3. The van der Waals surface area contributed by atoms with Crippen molar-refractivity contribution in [1.29, 1.82) is 0 Å². The van der Waals surface area contributed by atoms with E-state index in [1.807, 2.05) is 31.2 Å². The van der Waals surface area contributed by atoms with Gasteiger partial charge >= 0.3 is 0 Å². The van der Waals surface area contributed by atoms with Crippen molar-refractivity contribution in [3.8, 4) is 17.6 Å². The number of para-hydroxylation sites is 1. The second kappa shape index (κ2) is 10.9. The summed E-state index contributed by atoms with van der Waals surface area (Å²) in [5, 5.41) is 21.1. The van der Waals surface area contributed by atoms with Crippen LogP contribution in [-0.4, -0.2) is 54.7 Å². The van der Waals surface area contributed by atoms with E-state index in [-0.39, 0.29) is 36.1 Å². The highest BCUT2D eigenvalue weighted by Crippen LogP contribution is 2.52. The molecule has 1 aliphatic heterocycles. The molecule has 0 bridgehead atoms. The molecule has 1 fully saturated rings. The molecule has 0 saturated heterocycles. The number of sulfone groups is 1. The minimum Gasteiger partial charge on any atom is -0.489 e. The third-order valence-corrected chi connectivity index (χ3v) is 7.37. The Balaban J connectivity index is 1.69. The van der Waals surface area contributed by atoms with E-state index in [2.05, 4.69) is 11.8 Å². The Labute approximate surface area is 197 Å². The van der Waals surface area contributed by atoms with Crippen molar-refractivity contribution >= 4 is 15.6 Å². The predicted octanol–water partition coefficient (Wildman–Crippen LogP) is 2.82. The number of aliphatic hydroxyl groups excluding tert-OH is 2. The van der Waals surface area contributed by atoms with Crippen molar-refractivity contribution in [3.63, 3.8) is 0 Å². The third-order valence-electron chi connectivity index (χ3n) is 6.53. The molecule has 1 saturated carbocycles. The lowest BCUT2D eigenvalue weighted by Gasteiger charge is -2.19. The Morgan fingerprint density at radius 1 is 1.36 bits per heavy atom. The number of hydrogen-bond acceptors (Lipinski definition) is 6. The van der Waals surface area contributed by atoms with E-state index in [9.17, 15) is 23.4 Å². The summed E-state index contributed by atoms with van der Waals surface area (Å²) in [6, 6.07) is 5.96. The van der Waals surface area contributed by atoms with Gasteiger partial charge < -0.3 is 14.9 Å². The lowest BCUT2D eigenvalue weighted by molar-refractivity contribution is -0.116. The minimum absolute atomic E-state index is 0.00664. The van der Waals surface area contributed by atoms with E-state index in [0.717, 1.165) is 23.1 Å². The molecular weight excluding hydrogens is 440 g/mol. The number of benzene rings is 1. The topological polar surface area (TPSA) is 101 Å². The van der Waals surface area contributed by atoms with Gasteiger partial charge in [0.1, 0.15) is 23.4 Å². The van der Waals surface area contributed by atoms with Crippen LogP contribution in [0.25, 0.3) is 0 Å². The molecule has 0 radical (unpaired) electrons. The van der Waals surface area contributed by atoms with Crippen molar-refractivity contribution in [3.05, 3.63) is 41.5 Å². The molecule has 1 aliphatic carbocycles. The van der Waals surface area contributed by atoms with Gasteiger partial charge in [-0.25, -0.2) is 8.42 Å². The largest absolute Gasteiger partial charge is 0.489 e. The molecule has 1 aromatic carbocycles. The van der Waals surface area contributed by atoms with Crippen molar-refractivity contribution in [2.45, 2.75) is 70.2 Å². The molecule has 6 atom stereocenters. The maximum atomic E-state index is 11.9. The molecule has 180 valence electrons. The monoisotopic (exact) mass is 474 g/mol. The van der Waals surface area contributed by atoms with Crippen molar-refractivity contribution < 1.29 is 28.2 Å². The van der Waals surface area contributed by atoms with Crippen molar-refractivity contribution in [2.24, 2.45) is 11.8 Å². The quantitative estimate of drug-likeness (QED) is 0.400. The summed E-state index contributed by atoms with van der Waals surface area (Å²) in [6.07, 6.45) is 5.99. The van der Waals surface area contributed by atoms with Gasteiger partial charge in [0.2, 0.25) is 0 Å². The predicted molar refractivity (Wildman–Crippen MR) is 128 cm³/mol. The van der Waals surface area contributed by atoms with Gasteiger partial charge in [-0.2, -0.15) is 0 Å². The molecule has 1 aromatic rings. The Bertz CT molecular complexity index is 1050. The average molecular weight is 475 g/mol. The van der Waals surface area contributed by atoms with Crippen LogP contribution in [0.5, 0.6) is 5.75 Å². The first-order chi connectivity index (χ1) is 15.6. The molecule has 0 unspecified atom stereocenters. The number of ether oxygens (including phenoxy) is 1. The number of ketones is 1. The molecule has 1 heterocycles. The fourth-order valence-corrected chi connectivity index (χ4v) is 5.55. The van der Waals surface area contributed by atoms with Crippen LogP contribution < -0.4 is 4.74 Å². The number of Topliss-reactive ketones (excluding diaryl/α,β-unsaturated/α-hetero) is 1. The van der Waals surface area contributed by atoms with Gasteiger partial charge in [-0.05, 0) is 31.2 Å². The van der Waals surface area contributed by atoms with Crippen molar-refractivity contribution in [2.75, 3.05) is 12.0 Å². The molecule has 7 heteroatoms. The number of rotatable bonds is 10. The van der Waals surface area contributed by atoms with Crippen LogP contribution in [0.2, 0.25) is 0 Å². The molecule has 3 rings (SSSR count). The third kappa shape index (κ3) is 6.47. The van der Waals surface area contributed by atoms with Gasteiger partial charge in [-0.3, -0.25) is 4.79 Å². The second-order valence-corrected chi connectivity index (χ2v) is 11.5. The lowest BCUT2D eigenvalue weighted by Crippen LogP contribution is -2.19. The summed E-state index contributed by atoms with van der Waals surface area (Å²) in [6.45, 7) is 3.73. The summed E-state index contributed by atoms with van der Waals surface area (Å²) in [5.41, 5.74) is 2.05. The van der Waals surface area contributed by atoms with Crippen LogP contribution >= 0.6 is 0 Å². The van der Waals surface area contributed by atoms with Gasteiger partial charge in [0.05, 0.1) is 12.2 Å². The number of aryl methyl sites for hydroxylation is 1. The number of aliphatic hydroxyl groups is 2. The number of carbonyl (C=O) groups excluding carboxylic acids is 1. The molecule has 0 amide bonds. The Morgan fingerprint density at radius 2 is 2.12 bits per heavy atom. The number of fused-ring (bicyclic) bond motifs is 3. The smallest absolute Gasteiger partial charge is 0.154 e. The zero-order chi connectivity index (χ0) is 24.2. The maximum absolute atomic E-state index is 11.9. The van der Waals surface area contributed by atoms with Gasteiger partial charge in [0.25, 0.3) is 0 Å². The maximum Gasteiger partial charge on any atom is 0.154 e. The highest BCUT2D eigenvalue weighted by molar-refractivity contribution is 7.91. The fourth-order valence-electron chi connectivity index (χ4n) is 4.82. The van der Waals surface area contributed by atoms with Crippen LogP contribution in [0.4, 0.5) is 0 Å². The van der Waals surface area contributed by atoms with E-state index in [0.29, 0.717) is 25.7 Å². The molecule has 2 aliphatic rings. The van der Waals surface area contributed by atoms with Crippen LogP contribution in [0.1, 0.15) is 56.6 Å². The Kier molecular flexibility index (Phi) is 8.38. The van der Waals surface area contributed by atoms with E-state index < -0.39 is 27.8 Å². The molecule has 0 spiro atoms. The SMILES string of the molecule is CC#CC[C@H](C)[C@H](O)/C=C/[C@@H]1[C@H]2c3cccc(CCCC(=O)CS(C)(=O)=O)c3O[C@H]2C[C@H]1O. The van der Waals surface area contributed by atoms with Crippen LogP contribution in [-0.2, 0) is 21.1 Å². The summed E-state index contributed by atoms with van der Waals surface area (Å²) in [5.74, 6) is 5.84. The van der Waals surface area contributed by atoms with Gasteiger partial charge in [0, 0.05) is 42.9 Å². The molecular formula is C26H34O6S. The molecule has 2 N–H and O–H groups in total.